The van der Waals surface area contributed by atoms with Crippen LogP contribution >= 0.6 is 0 Å². The van der Waals surface area contributed by atoms with E-state index in [0.29, 0.717) is 6.29 Å². The van der Waals surface area contributed by atoms with E-state index >= 15 is 0 Å². The Balaban J connectivity index is 3.29. The van der Waals surface area contributed by atoms with Crippen LogP contribution in [0.5, 0.6) is 0 Å². The van der Waals surface area contributed by atoms with E-state index in [1.165, 1.54) is 6.92 Å². The summed E-state index contributed by atoms with van der Waals surface area (Å²) < 4.78 is 4.23. The fraction of sp³-hybridized carbons (Fsp3) is 0.200. The molecule has 0 amide bonds. The molecule has 0 aromatic carbocycles. The second kappa shape index (κ2) is 4.05. The van der Waals surface area contributed by atoms with Crippen LogP contribution in [-0.4, -0.2) is 12.3 Å². The van der Waals surface area contributed by atoms with Crippen molar-refractivity contribution in [3.05, 3.63) is 12.3 Å². The molecule has 0 atom stereocenters. The fourth-order valence-corrected chi connectivity index (χ4v) is 0.167. The normalized spacial score (nSPS) is 9.12. The van der Waals surface area contributed by atoms with E-state index in [1.807, 2.05) is 0 Å². The molecule has 0 aliphatic carbocycles. The summed E-state index contributed by atoms with van der Waals surface area (Å²) in [5.74, 6) is -0.428. The molecule has 0 saturated heterocycles. The third-order valence-corrected chi connectivity index (χ3v) is 0.391. The van der Waals surface area contributed by atoms with Gasteiger partial charge in [-0.15, -0.1) is 0 Å². The standard InChI is InChI=1S/C5H6O3/c1-5(7)8-4-2-3-6/h2-4H,1H3. The third-order valence-electron chi connectivity index (χ3n) is 0.391. The molecule has 0 aromatic heterocycles. The Morgan fingerprint density at radius 1 is 1.62 bits per heavy atom. The number of rotatable bonds is 2. The highest BCUT2D eigenvalue weighted by atomic mass is 16.5. The summed E-state index contributed by atoms with van der Waals surface area (Å²) in [6.45, 7) is 1.26. The first kappa shape index (κ1) is 6.88. The highest BCUT2D eigenvalue weighted by Crippen LogP contribution is 1.74. The lowest BCUT2D eigenvalue weighted by molar-refractivity contribution is -0.135. The van der Waals surface area contributed by atoms with E-state index in [9.17, 15) is 9.59 Å². The first-order valence-electron chi connectivity index (χ1n) is 2.05. The van der Waals surface area contributed by atoms with E-state index in [1.54, 1.807) is 0 Å². The van der Waals surface area contributed by atoms with Gasteiger partial charge in [-0.05, 0) is 0 Å². The smallest absolute Gasteiger partial charge is 0.307 e. The molecule has 0 saturated carbocycles. The maximum absolute atomic E-state index is 9.93. The molecule has 8 heavy (non-hydrogen) atoms. The van der Waals surface area contributed by atoms with Gasteiger partial charge in [-0.25, -0.2) is 0 Å². The Labute approximate surface area is 46.9 Å². The molecule has 0 rings (SSSR count). The van der Waals surface area contributed by atoms with E-state index in [-0.39, 0.29) is 0 Å². The zero-order valence-corrected chi connectivity index (χ0v) is 4.46. The molecule has 0 heterocycles. The van der Waals surface area contributed by atoms with Crippen molar-refractivity contribution in [1.82, 2.24) is 0 Å². The second-order valence-corrected chi connectivity index (χ2v) is 1.07. The summed E-state index contributed by atoms with van der Waals surface area (Å²) in [7, 11) is 0. The van der Waals surface area contributed by atoms with Crippen molar-refractivity contribution in [3.63, 3.8) is 0 Å². The van der Waals surface area contributed by atoms with Gasteiger partial charge in [0.2, 0.25) is 0 Å². The van der Waals surface area contributed by atoms with Crippen LogP contribution < -0.4 is 0 Å². The van der Waals surface area contributed by atoms with Gasteiger partial charge in [0.15, 0.2) is 0 Å². The van der Waals surface area contributed by atoms with E-state index in [4.69, 9.17) is 0 Å². The topological polar surface area (TPSA) is 43.4 Å². The lowest BCUT2D eigenvalue weighted by Gasteiger charge is -1.84. The SMILES string of the molecule is CC(=O)OC=CC=O. The molecular weight excluding hydrogens is 108 g/mol. The molecule has 0 bridgehead atoms. The average Bonchev–Trinajstić information content (AvgIpc) is 1.66. The number of carbonyl (C=O) groups is 2. The number of ether oxygens (including phenoxy) is 1. The van der Waals surface area contributed by atoms with Gasteiger partial charge < -0.3 is 4.74 Å². The summed E-state index contributed by atoms with van der Waals surface area (Å²) in [4.78, 5) is 19.4. The molecule has 0 aliphatic rings. The minimum atomic E-state index is -0.428. The van der Waals surface area contributed by atoms with Gasteiger partial charge in [0, 0.05) is 13.0 Å². The first-order chi connectivity index (χ1) is 3.77. The van der Waals surface area contributed by atoms with Crippen molar-refractivity contribution >= 4 is 12.3 Å². The molecule has 0 aromatic rings. The maximum atomic E-state index is 9.93. The number of allylic oxidation sites excluding steroid dienone is 1. The van der Waals surface area contributed by atoms with Gasteiger partial charge in [0.05, 0.1) is 6.26 Å². The van der Waals surface area contributed by atoms with Crippen molar-refractivity contribution in [2.75, 3.05) is 0 Å². The van der Waals surface area contributed by atoms with Gasteiger partial charge in [0.25, 0.3) is 0 Å². The Kier molecular flexibility index (Phi) is 3.48. The summed E-state index contributed by atoms with van der Waals surface area (Å²) >= 11 is 0. The zero-order valence-electron chi connectivity index (χ0n) is 4.46. The Morgan fingerprint density at radius 3 is 2.62 bits per heavy atom. The maximum Gasteiger partial charge on any atom is 0.307 e. The predicted octanol–water partition coefficient (Wildman–Crippen LogP) is 0.262. The minimum absolute atomic E-state index is 0.428. The van der Waals surface area contributed by atoms with Crippen molar-refractivity contribution in [2.45, 2.75) is 6.92 Å². The van der Waals surface area contributed by atoms with E-state index in [2.05, 4.69) is 4.74 Å². The van der Waals surface area contributed by atoms with Crippen LogP contribution in [0.4, 0.5) is 0 Å². The van der Waals surface area contributed by atoms with Gasteiger partial charge in [-0.2, -0.15) is 0 Å². The predicted molar refractivity (Wildman–Crippen MR) is 27.0 cm³/mol. The molecule has 3 heteroatoms. The molecule has 3 nitrogen and oxygen atoms in total. The lowest BCUT2D eigenvalue weighted by atomic mass is 10.7. The summed E-state index contributed by atoms with van der Waals surface area (Å²) in [6, 6.07) is 0. The highest BCUT2D eigenvalue weighted by Gasteiger charge is 1.81. The van der Waals surface area contributed by atoms with Crippen LogP contribution in [0.15, 0.2) is 12.3 Å². The van der Waals surface area contributed by atoms with Crippen LogP contribution in [0.3, 0.4) is 0 Å². The van der Waals surface area contributed by atoms with Crippen molar-refractivity contribution in [2.24, 2.45) is 0 Å². The molecule has 44 valence electrons. The number of hydrogen-bond acceptors (Lipinski definition) is 3. The van der Waals surface area contributed by atoms with Crippen LogP contribution in [-0.2, 0) is 14.3 Å². The molecule has 0 aliphatic heterocycles. The Morgan fingerprint density at radius 2 is 2.25 bits per heavy atom. The largest absolute Gasteiger partial charge is 0.435 e. The number of aldehydes is 1. The van der Waals surface area contributed by atoms with Gasteiger partial charge >= 0.3 is 5.97 Å². The highest BCUT2D eigenvalue weighted by molar-refractivity contribution is 5.68. The quantitative estimate of drug-likeness (QED) is 0.224. The molecular formula is C5H6O3. The van der Waals surface area contributed by atoms with Gasteiger partial charge in [-0.1, -0.05) is 0 Å². The first-order valence-corrected chi connectivity index (χ1v) is 2.05. The van der Waals surface area contributed by atoms with Crippen molar-refractivity contribution < 1.29 is 14.3 Å². The van der Waals surface area contributed by atoms with Gasteiger partial charge in [-0.3, -0.25) is 9.59 Å². The minimum Gasteiger partial charge on any atom is -0.435 e. The van der Waals surface area contributed by atoms with Crippen LogP contribution in [0.2, 0.25) is 0 Å². The molecule has 0 radical (unpaired) electrons. The lowest BCUT2D eigenvalue weighted by Crippen LogP contribution is -1.88. The Bertz CT molecular complexity index is 115. The zero-order chi connectivity index (χ0) is 6.41. The van der Waals surface area contributed by atoms with Gasteiger partial charge in [0.1, 0.15) is 6.29 Å². The van der Waals surface area contributed by atoms with E-state index < -0.39 is 5.97 Å². The fourth-order valence-electron chi connectivity index (χ4n) is 0.167. The number of esters is 1. The van der Waals surface area contributed by atoms with Crippen LogP contribution in [0.1, 0.15) is 6.92 Å². The number of hydrogen-bond donors (Lipinski definition) is 0. The second-order valence-electron chi connectivity index (χ2n) is 1.07. The Hall–Kier alpha value is -1.12. The van der Waals surface area contributed by atoms with Crippen molar-refractivity contribution in [3.8, 4) is 0 Å². The summed E-state index contributed by atoms with van der Waals surface area (Å²) in [6.07, 6.45) is 2.67. The van der Waals surface area contributed by atoms with Crippen LogP contribution in [0, 0.1) is 0 Å². The third kappa shape index (κ3) is 4.88. The summed E-state index contributed by atoms with van der Waals surface area (Å²) in [5.41, 5.74) is 0. The molecule has 0 unspecified atom stereocenters. The van der Waals surface area contributed by atoms with E-state index in [0.717, 1.165) is 12.3 Å². The molecule has 0 fully saturated rings. The monoisotopic (exact) mass is 114 g/mol. The van der Waals surface area contributed by atoms with Crippen molar-refractivity contribution in [1.29, 1.82) is 0 Å². The number of carbonyl (C=O) groups excluding carboxylic acids is 2. The molecule has 0 N–H and O–H groups in total. The van der Waals surface area contributed by atoms with Crippen LogP contribution in [0.25, 0.3) is 0 Å². The average molecular weight is 114 g/mol. The summed E-state index contributed by atoms with van der Waals surface area (Å²) in [5, 5.41) is 0. The molecule has 0 spiro atoms.